The van der Waals surface area contributed by atoms with Crippen molar-refractivity contribution in [1.29, 1.82) is 0 Å². The summed E-state index contributed by atoms with van der Waals surface area (Å²) < 4.78 is 32.5. The summed E-state index contributed by atoms with van der Waals surface area (Å²) in [5.41, 5.74) is 0.668. The lowest BCUT2D eigenvalue weighted by Crippen LogP contribution is -2.45. The third-order valence-corrected chi connectivity index (χ3v) is 6.79. The molecular formula is C20H34N4O3S. The van der Waals surface area contributed by atoms with Gasteiger partial charge in [-0.15, -0.1) is 0 Å². The van der Waals surface area contributed by atoms with E-state index >= 15 is 0 Å². The third-order valence-electron chi connectivity index (χ3n) is 4.87. The van der Waals surface area contributed by atoms with Gasteiger partial charge in [-0.2, -0.15) is 4.31 Å². The van der Waals surface area contributed by atoms with Crippen LogP contribution in [0.5, 0.6) is 0 Å². The zero-order chi connectivity index (χ0) is 20.6. The summed E-state index contributed by atoms with van der Waals surface area (Å²) in [4.78, 5) is 4.94. The zero-order valence-electron chi connectivity index (χ0n) is 17.5. The topological polar surface area (TPSA) is 83.0 Å². The number of rotatable bonds is 8. The van der Waals surface area contributed by atoms with Crippen LogP contribution < -0.4 is 10.6 Å². The highest BCUT2D eigenvalue weighted by atomic mass is 32.2. The van der Waals surface area contributed by atoms with Gasteiger partial charge in [-0.1, -0.05) is 18.6 Å². The number of sulfonamides is 1. The molecule has 8 heteroatoms. The van der Waals surface area contributed by atoms with Crippen molar-refractivity contribution in [2.45, 2.75) is 57.1 Å². The second-order valence-corrected chi connectivity index (χ2v) is 9.56. The lowest BCUT2D eigenvalue weighted by Gasteiger charge is -2.25. The zero-order valence-corrected chi connectivity index (χ0v) is 18.3. The normalized spacial score (nSPS) is 16.8. The van der Waals surface area contributed by atoms with Gasteiger partial charge in [0.2, 0.25) is 10.0 Å². The first-order valence-electron chi connectivity index (χ1n) is 9.95. The molecule has 1 aliphatic rings. The van der Waals surface area contributed by atoms with Crippen molar-refractivity contribution < 1.29 is 13.2 Å². The van der Waals surface area contributed by atoms with Crippen LogP contribution in [0.1, 0.15) is 45.6 Å². The van der Waals surface area contributed by atoms with E-state index in [0.29, 0.717) is 37.0 Å². The SMILES string of the molecule is CCNC(=NCc1ccc(S(=O)(=O)N2CCCCC2)cc1)NCC(C)(C)OC. The van der Waals surface area contributed by atoms with Crippen molar-refractivity contribution in [1.82, 2.24) is 14.9 Å². The van der Waals surface area contributed by atoms with Crippen LogP contribution in [0.3, 0.4) is 0 Å². The number of nitrogens with one attached hydrogen (secondary N) is 2. The molecular weight excluding hydrogens is 376 g/mol. The highest BCUT2D eigenvalue weighted by molar-refractivity contribution is 7.89. The standard InChI is InChI=1S/C20H34N4O3S/c1-5-21-19(23-16-20(2,3)27-4)22-15-17-9-11-18(12-10-17)28(25,26)24-13-7-6-8-14-24/h9-12H,5-8,13-16H2,1-4H3,(H2,21,22,23). The second kappa shape index (κ2) is 10.2. The van der Waals surface area contributed by atoms with E-state index in [1.54, 1.807) is 23.5 Å². The minimum atomic E-state index is -3.39. The van der Waals surface area contributed by atoms with E-state index in [9.17, 15) is 8.42 Å². The number of methoxy groups -OCH3 is 1. The van der Waals surface area contributed by atoms with Gasteiger partial charge in [0.05, 0.1) is 17.0 Å². The summed E-state index contributed by atoms with van der Waals surface area (Å²) in [5.74, 6) is 0.706. The molecule has 1 aromatic rings. The van der Waals surface area contributed by atoms with E-state index in [4.69, 9.17) is 4.74 Å². The molecule has 0 amide bonds. The molecule has 0 unspecified atom stereocenters. The Morgan fingerprint density at radius 2 is 1.79 bits per heavy atom. The highest BCUT2D eigenvalue weighted by Gasteiger charge is 2.25. The number of nitrogens with zero attached hydrogens (tertiary/aromatic N) is 2. The molecule has 0 spiro atoms. The number of piperidine rings is 1. The van der Waals surface area contributed by atoms with Crippen LogP contribution in [0.15, 0.2) is 34.2 Å². The number of hydrogen-bond acceptors (Lipinski definition) is 4. The summed E-state index contributed by atoms with van der Waals surface area (Å²) >= 11 is 0. The average Bonchev–Trinajstić information content (AvgIpc) is 2.71. The first kappa shape index (κ1) is 22.6. The van der Waals surface area contributed by atoms with Crippen molar-refractivity contribution in [3.63, 3.8) is 0 Å². The summed E-state index contributed by atoms with van der Waals surface area (Å²) in [7, 11) is -1.70. The fraction of sp³-hybridized carbons (Fsp3) is 0.650. The molecule has 1 heterocycles. The first-order chi connectivity index (χ1) is 13.3. The molecule has 7 nitrogen and oxygen atoms in total. The van der Waals surface area contributed by atoms with Gasteiger partial charge in [0.15, 0.2) is 5.96 Å². The smallest absolute Gasteiger partial charge is 0.243 e. The maximum absolute atomic E-state index is 12.7. The Morgan fingerprint density at radius 3 is 2.36 bits per heavy atom. The Balaban J connectivity index is 2.02. The number of hydrogen-bond donors (Lipinski definition) is 2. The van der Waals surface area contributed by atoms with Crippen LogP contribution in [0.4, 0.5) is 0 Å². The molecule has 158 valence electrons. The number of ether oxygens (including phenoxy) is 1. The summed E-state index contributed by atoms with van der Waals surface area (Å²) in [6.07, 6.45) is 2.98. The molecule has 0 saturated carbocycles. The second-order valence-electron chi connectivity index (χ2n) is 7.62. The van der Waals surface area contributed by atoms with Gasteiger partial charge in [-0.25, -0.2) is 13.4 Å². The minimum absolute atomic E-state index is 0.291. The Morgan fingerprint density at radius 1 is 1.14 bits per heavy atom. The van der Waals surface area contributed by atoms with Crippen LogP contribution in [-0.2, 0) is 21.3 Å². The van der Waals surface area contributed by atoms with Crippen molar-refractivity contribution in [3.05, 3.63) is 29.8 Å². The van der Waals surface area contributed by atoms with Crippen LogP contribution in [0.25, 0.3) is 0 Å². The lowest BCUT2D eigenvalue weighted by atomic mass is 10.1. The number of aliphatic imine (C=N–C) groups is 1. The summed E-state index contributed by atoms with van der Waals surface area (Å²) in [5, 5.41) is 6.48. The number of benzene rings is 1. The summed E-state index contributed by atoms with van der Waals surface area (Å²) in [6, 6.07) is 7.04. The Kier molecular flexibility index (Phi) is 8.27. The first-order valence-corrected chi connectivity index (χ1v) is 11.4. The van der Waals surface area contributed by atoms with Crippen LogP contribution in [0.2, 0.25) is 0 Å². The Hall–Kier alpha value is -1.64. The fourth-order valence-electron chi connectivity index (χ4n) is 2.90. The third kappa shape index (κ3) is 6.46. The highest BCUT2D eigenvalue weighted by Crippen LogP contribution is 2.21. The van der Waals surface area contributed by atoms with Gasteiger partial charge in [0, 0.05) is 33.3 Å². The van der Waals surface area contributed by atoms with Crippen molar-refractivity contribution in [2.75, 3.05) is 33.3 Å². The molecule has 0 bridgehead atoms. The van der Waals surface area contributed by atoms with Gasteiger partial charge < -0.3 is 15.4 Å². The molecule has 0 aromatic heterocycles. The maximum Gasteiger partial charge on any atom is 0.243 e. The molecule has 2 N–H and O–H groups in total. The molecule has 1 fully saturated rings. The predicted molar refractivity (Wildman–Crippen MR) is 113 cm³/mol. The van der Waals surface area contributed by atoms with Crippen LogP contribution in [0, 0.1) is 0 Å². The molecule has 2 rings (SSSR count). The molecule has 0 aliphatic carbocycles. The van der Waals surface area contributed by atoms with Gasteiger partial charge in [-0.05, 0) is 51.3 Å². The van der Waals surface area contributed by atoms with Crippen molar-refractivity contribution in [3.8, 4) is 0 Å². The van der Waals surface area contributed by atoms with Gasteiger partial charge in [-0.3, -0.25) is 0 Å². The predicted octanol–water partition coefficient (Wildman–Crippen LogP) is 2.34. The largest absolute Gasteiger partial charge is 0.377 e. The fourth-order valence-corrected chi connectivity index (χ4v) is 4.42. The quantitative estimate of drug-likeness (QED) is 0.508. The van der Waals surface area contributed by atoms with E-state index in [2.05, 4.69) is 15.6 Å². The molecule has 1 aromatic carbocycles. The minimum Gasteiger partial charge on any atom is -0.377 e. The molecule has 1 aliphatic heterocycles. The van der Waals surface area contributed by atoms with E-state index in [0.717, 1.165) is 31.4 Å². The van der Waals surface area contributed by atoms with Crippen LogP contribution >= 0.6 is 0 Å². The van der Waals surface area contributed by atoms with Crippen LogP contribution in [-0.4, -0.2) is 57.6 Å². The molecule has 0 radical (unpaired) electrons. The van der Waals surface area contributed by atoms with E-state index in [-0.39, 0.29) is 5.60 Å². The molecule has 0 atom stereocenters. The summed E-state index contributed by atoms with van der Waals surface area (Å²) in [6.45, 7) is 9.10. The average molecular weight is 411 g/mol. The lowest BCUT2D eigenvalue weighted by molar-refractivity contribution is 0.0268. The van der Waals surface area contributed by atoms with E-state index in [1.807, 2.05) is 32.9 Å². The van der Waals surface area contributed by atoms with Crippen molar-refractivity contribution in [2.24, 2.45) is 4.99 Å². The van der Waals surface area contributed by atoms with E-state index in [1.165, 1.54) is 0 Å². The van der Waals surface area contributed by atoms with Gasteiger partial charge in [0.1, 0.15) is 0 Å². The van der Waals surface area contributed by atoms with Gasteiger partial charge in [0.25, 0.3) is 0 Å². The van der Waals surface area contributed by atoms with Crippen molar-refractivity contribution >= 4 is 16.0 Å². The Labute approximate surface area is 169 Å². The van der Waals surface area contributed by atoms with E-state index < -0.39 is 10.0 Å². The molecule has 1 saturated heterocycles. The molecule has 28 heavy (non-hydrogen) atoms. The Bertz CT molecular complexity index is 739. The van der Waals surface area contributed by atoms with Gasteiger partial charge >= 0.3 is 0 Å². The maximum atomic E-state index is 12.7. The number of guanidine groups is 1. The monoisotopic (exact) mass is 410 g/mol.